The lowest BCUT2D eigenvalue weighted by molar-refractivity contribution is -0.129. The molecule has 6 nitrogen and oxygen atoms in total. The Kier molecular flexibility index (Phi) is 6.93. The molecule has 4 atom stereocenters. The van der Waals surface area contributed by atoms with Crippen molar-refractivity contribution in [3.8, 4) is 0 Å². The normalized spacial score (nSPS) is 28.2. The lowest BCUT2D eigenvalue weighted by Crippen LogP contribution is -2.66. The number of amides is 1. The Bertz CT molecular complexity index is 549. The minimum Gasteiger partial charge on any atom is -0.395 e. The summed E-state index contributed by atoms with van der Waals surface area (Å²) in [5.74, 6) is -0.173. The molecule has 2 rings (SSSR count). The van der Waals surface area contributed by atoms with E-state index in [0.29, 0.717) is 19.5 Å². The fraction of sp³-hybridized carbons (Fsp3) is 0.500. The van der Waals surface area contributed by atoms with Gasteiger partial charge in [-0.15, -0.1) is 0 Å². The fourth-order valence-electron chi connectivity index (χ4n) is 2.94. The third-order valence-corrected chi connectivity index (χ3v) is 4.36. The first-order valence-corrected chi connectivity index (χ1v) is 8.28. The van der Waals surface area contributed by atoms with Crippen LogP contribution in [0, 0.1) is 0 Å². The second-order valence-electron chi connectivity index (χ2n) is 6.03. The van der Waals surface area contributed by atoms with E-state index in [-0.39, 0.29) is 12.5 Å². The Hall–Kier alpha value is -1.73. The van der Waals surface area contributed by atoms with Gasteiger partial charge in [-0.2, -0.15) is 0 Å². The zero-order valence-electron chi connectivity index (χ0n) is 13.9. The van der Waals surface area contributed by atoms with Crippen molar-refractivity contribution in [1.82, 2.24) is 10.2 Å². The number of hydrogen-bond acceptors (Lipinski definition) is 5. The molecule has 0 aliphatic carbocycles. The van der Waals surface area contributed by atoms with E-state index < -0.39 is 24.3 Å². The number of hydrogen-bond donors (Lipinski definition) is 4. The van der Waals surface area contributed by atoms with Gasteiger partial charge < -0.3 is 20.6 Å². The zero-order chi connectivity index (χ0) is 17.5. The second-order valence-corrected chi connectivity index (χ2v) is 6.03. The SMILES string of the molecule is CCC(=O)N[C@H]1CN(CC=Cc2ccccc2)[C@H](CO)[C@@H](O)[C@@H]1O. The van der Waals surface area contributed by atoms with Crippen molar-refractivity contribution in [1.29, 1.82) is 0 Å². The monoisotopic (exact) mass is 334 g/mol. The maximum Gasteiger partial charge on any atom is 0.220 e. The van der Waals surface area contributed by atoms with Crippen LogP contribution in [0.4, 0.5) is 0 Å². The van der Waals surface area contributed by atoms with Gasteiger partial charge in [0.05, 0.1) is 24.8 Å². The minimum absolute atomic E-state index is 0.173. The maximum atomic E-state index is 11.6. The first kappa shape index (κ1) is 18.6. The number of benzene rings is 1. The van der Waals surface area contributed by atoms with E-state index in [1.807, 2.05) is 47.4 Å². The molecule has 24 heavy (non-hydrogen) atoms. The van der Waals surface area contributed by atoms with Crippen molar-refractivity contribution >= 4 is 12.0 Å². The average molecular weight is 334 g/mol. The molecule has 4 N–H and O–H groups in total. The summed E-state index contributed by atoms with van der Waals surface area (Å²) in [6.07, 6.45) is 2.02. The van der Waals surface area contributed by atoms with Gasteiger partial charge in [0.25, 0.3) is 0 Å². The van der Waals surface area contributed by atoms with Gasteiger partial charge in [0.2, 0.25) is 5.91 Å². The highest BCUT2D eigenvalue weighted by molar-refractivity contribution is 5.76. The molecular formula is C18H26N2O4. The highest BCUT2D eigenvalue weighted by atomic mass is 16.3. The maximum absolute atomic E-state index is 11.6. The van der Waals surface area contributed by atoms with Crippen molar-refractivity contribution in [3.05, 3.63) is 42.0 Å². The third-order valence-electron chi connectivity index (χ3n) is 4.36. The predicted molar refractivity (Wildman–Crippen MR) is 92.2 cm³/mol. The number of rotatable bonds is 6. The zero-order valence-corrected chi connectivity index (χ0v) is 13.9. The summed E-state index contributed by atoms with van der Waals surface area (Å²) >= 11 is 0. The van der Waals surface area contributed by atoms with Crippen LogP contribution < -0.4 is 5.32 Å². The van der Waals surface area contributed by atoms with Gasteiger partial charge in [0.15, 0.2) is 0 Å². The van der Waals surface area contributed by atoms with Gasteiger partial charge in [-0.1, -0.05) is 49.4 Å². The minimum atomic E-state index is -1.11. The standard InChI is InChI=1S/C18H26N2O4/c1-2-16(22)19-14-11-20(15(12-21)18(24)17(14)23)10-6-9-13-7-4-3-5-8-13/h3-9,14-15,17-18,21,23-24H,2,10-12H2,1H3,(H,19,22)/t14-,15+,17+,18+/m0/s1. The first-order chi connectivity index (χ1) is 11.6. The Morgan fingerprint density at radius 2 is 2.00 bits per heavy atom. The molecule has 1 aromatic rings. The molecule has 6 heteroatoms. The van der Waals surface area contributed by atoms with Crippen LogP contribution in [-0.4, -0.2) is 70.1 Å². The molecule has 132 valence electrons. The van der Waals surface area contributed by atoms with Crippen molar-refractivity contribution in [2.75, 3.05) is 19.7 Å². The number of aliphatic hydroxyl groups excluding tert-OH is 3. The number of aliphatic hydroxyl groups is 3. The van der Waals surface area contributed by atoms with Crippen molar-refractivity contribution in [3.63, 3.8) is 0 Å². The molecule has 0 unspecified atom stereocenters. The molecule has 1 amide bonds. The average Bonchev–Trinajstić information content (AvgIpc) is 2.60. The number of carbonyl (C=O) groups is 1. The van der Waals surface area contributed by atoms with Crippen LogP contribution in [0.3, 0.4) is 0 Å². The number of carbonyl (C=O) groups excluding carboxylic acids is 1. The van der Waals surface area contributed by atoms with Gasteiger partial charge in [-0.05, 0) is 5.56 Å². The summed E-state index contributed by atoms with van der Waals surface area (Å²) < 4.78 is 0. The Labute approximate surface area is 142 Å². The summed E-state index contributed by atoms with van der Waals surface area (Å²) in [5.41, 5.74) is 1.06. The van der Waals surface area contributed by atoms with Crippen molar-refractivity contribution in [2.24, 2.45) is 0 Å². The van der Waals surface area contributed by atoms with E-state index in [1.54, 1.807) is 6.92 Å². The van der Waals surface area contributed by atoms with Crippen LogP contribution in [0.2, 0.25) is 0 Å². The smallest absolute Gasteiger partial charge is 0.220 e. The lowest BCUT2D eigenvalue weighted by Gasteiger charge is -2.44. The van der Waals surface area contributed by atoms with Gasteiger partial charge >= 0.3 is 0 Å². The van der Waals surface area contributed by atoms with E-state index >= 15 is 0 Å². The fourth-order valence-corrected chi connectivity index (χ4v) is 2.94. The first-order valence-electron chi connectivity index (χ1n) is 8.28. The quantitative estimate of drug-likeness (QED) is 0.587. The molecule has 1 saturated heterocycles. The Morgan fingerprint density at radius 3 is 2.62 bits per heavy atom. The van der Waals surface area contributed by atoms with Crippen LogP contribution in [-0.2, 0) is 4.79 Å². The number of likely N-dealkylation sites (tertiary alicyclic amines) is 1. The number of piperidine rings is 1. The lowest BCUT2D eigenvalue weighted by atomic mass is 9.92. The molecule has 1 aliphatic rings. The van der Waals surface area contributed by atoms with Crippen LogP contribution in [0.25, 0.3) is 6.08 Å². The Morgan fingerprint density at radius 1 is 1.29 bits per heavy atom. The molecule has 1 fully saturated rings. The molecule has 0 spiro atoms. The molecule has 0 radical (unpaired) electrons. The number of nitrogens with one attached hydrogen (secondary N) is 1. The summed E-state index contributed by atoms with van der Waals surface area (Å²) in [4.78, 5) is 13.5. The van der Waals surface area contributed by atoms with Crippen LogP contribution in [0.1, 0.15) is 18.9 Å². The number of nitrogens with zero attached hydrogens (tertiary/aromatic N) is 1. The third kappa shape index (κ3) is 4.64. The summed E-state index contributed by atoms with van der Waals surface area (Å²) in [5, 5.41) is 32.7. The highest BCUT2D eigenvalue weighted by Gasteiger charge is 2.41. The Balaban J connectivity index is 2.04. The summed E-state index contributed by atoms with van der Waals surface area (Å²) in [6, 6.07) is 8.71. The molecule has 0 aromatic heterocycles. The van der Waals surface area contributed by atoms with Gasteiger partial charge in [-0.3, -0.25) is 9.69 Å². The largest absolute Gasteiger partial charge is 0.395 e. The van der Waals surface area contributed by atoms with E-state index in [9.17, 15) is 20.1 Å². The van der Waals surface area contributed by atoms with E-state index in [0.717, 1.165) is 5.56 Å². The molecule has 1 heterocycles. The second kappa shape index (κ2) is 8.94. The summed E-state index contributed by atoms with van der Waals surface area (Å²) in [7, 11) is 0. The molecule has 1 aliphatic heterocycles. The van der Waals surface area contributed by atoms with E-state index in [4.69, 9.17) is 0 Å². The molecular weight excluding hydrogens is 308 g/mol. The van der Waals surface area contributed by atoms with Crippen molar-refractivity contribution in [2.45, 2.75) is 37.6 Å². The van der Waals surface area contributed by atoms with Crippen LogP contribution in [0.5, 0.6) is 0 Å². The van der Waals surface area contributed by atoms with Crippen LogP contribution in [0.15, 0.2) is 36.4 Å². The molecule has 1 aromatic carbocycles. The van der Waals surface area contributed by atoms with E-state index in [1.165, 1.54) is 0 Å². The predicted octanol–water partition coefficient (Wildman–Crippen LogP) is -0.00710. The summed E-state index contributed by atoms with van der Waals surface area (Å²) in [6.45, 7) is 2.35. The van der Waals surface area contributed by atoms with Gasteiger partial charge in [0.1, 0.15) is 6.10 Å². The van der Waals surface area contributed by atoms with Gasteiger partial charge in [0, 0.05) is 19.5 Å². The van der Waals surface area contributed by atoms with Gasteiger partial charge in [-0.25, -0.2) is 0 Å². The van der Waals surface area contributed by atoms with Crippen LogP contribution >= 0.6 is 0 Å². The molecule has 0 saturated carbocycles. The topological polar surface area (TPSA) is 93.0 Å². The highest BCUT2D eigenvalue weighted by Crippen LogP contribution is 2.19. The van der Waals surface area contributed by atoms with E-state index in [2.05, 4.69) is 5.32 Å². The van der Waals surface area contributed by atoms with Crippen molar-refractivity contribution < 1.29 is 20.1 Å². The molecule has 0 bridgehead atoms.